The summed E-state index contributed by atoms with van der Waals surface area (Å²) in [6.07, 6.45) is 1.50. The Morgan fingerprint density at radius 3 is 2.73 bits per heavy atom. The number of esters is 1. The Morgan fingerprint density at radius 2 is 2.00 bits per heavy atom. The van der Waals surface area contributed by atoms with Crippen LogP contribution in [-0.4, -0.2) is 33.0 Å². The number of ether oxygens (including phenoxy) is 1. The van der Waals surface area contributed by atoms with E-state index in [0.29, 0.717) is 27.7 Å². The van der Waals surface area contributed by atoms with Crippen LogP contribution >= 0.6 is 35.2 Å². The summed E-state index contributed by atoms with van der Waals surface area (Å²) in [5.41, 5.74) is 2.04. The molecule has 11 heteroatoms. The van der Waals surface area contributed by atoms with Gasteiger partial charge in [0.2, 0.25) is 5.95 Å². The van der Waals surface area contributed by atoms with Crippen molar-refractivity contribution in [1.82, 2.24) is 14.8 Å². The molecule has 2 aromatic heterocycles. The van der Waals surface area contributed by atoms with Gasteiger partial charge in [-0.05, 0) is 41.5 Å². The maximum atomic E-state index is 13.2. The first kappa shape index (κ1) is 22.8. The number of nitrogens with one attached hydrogen (secondary N) is 2. The van der Waals surface area contributed by atoms with Gasteiger partial charge >= 0.3 is 5.97 Å². The number of benzene rings is 2. The van der Waals surface area contributed by atoms with E-state index in [-0.39, 0.29) is 11.1 Å². The third-order valence-corrected chi connectivity index (χ3v) is 6.19. The second-order valence-corrected chi connectivity index (χ2v) is 8.66. The second-order valence-electron chi connectivity index (χ2n) is 6.79. The van der Waals surface area contributed by atoms with E-state index in [4.69, 9.17) is 28.6 Å². The molecule has 0 radical (unpaired) electrons. The normalized spacial score (nSPS) is 10.6. The highest BCUT2D eigenvalue weighted by atomic mass is 35.5. The summed E-state index contributed by atoms with van der Waals surface area (Å²) in [5, 5.41) is 11.3. The van der Waals surface area contributed by atoms with E-state index in [9.17, 15) is 9.18 Å². The Labute approximate surface area is 203 Å². The van der Waals surface area contributed by atoms with Gasteiger partial charge in [0.05, 0.1) is 19.2 Å². The molecule has 7 nitrogen and oxygen atoms in total. The van der Waals surface area contributed by atoms with Gasteiger partial charge in [0.1, 0.15) is 17.1 Å². The molecule has 33 heavy (non-hydrogen) atoms. The lowest BCUT2D eigenvalue weighted by Gasteiger charge is -2.08. The number of hydrogen-bond donors (Lipinski definition) is 2. The first-order valence-corrected chi connectivity index (χ1v) is 11.2. The zero-order chi connectivity index (χ0) is 23.4. The number of thiophene rings is 1. The first-order valence-electron chi connectivity index (χ1n) is 9.62. The Morgan fingerprint density at radius 1 is 1.21 bits per heavy atom. The average molecular weight is 502 g/mol. The molecule has 4 aromatic rings. The number of carbonyl (C=O) groups excluding carboxylic acids is 1. The molecule has 0 aliphatic rings. The number of nitrogens with zero attached hydrogens (tertiary/aromatic N) is 3. The maximum Gasteiger partial charge on any atom is 0.340 e. The minimum absolute atomic E-state index is 0.208. The summed E-state index contributed by atoms with van der Waals surface area (Å²) in [6, 6.07) is 15.6. The Balaban J connectivity index is 1.47. The van der Waals surface area contributed by atoms with E-state index < -0.39 is 11.8 Å². The zero-order valence-electron chi connectivity index (χ0n) is 17.2. The summed E-state index contributed by atoms with van der Waals surface area (Å²) >= 11 is 12.8. The van der Waals surface area contributed by atoms with Crippen molar-refractivity contribution in [3.63, 3.8) is 0 Å². The molecule has 2 heterocycles. The predicted octanol–water partition coefficient (Wildman–Crippen LogP) is 5.44. The number of hydrogen-bond acceptors (Lipinski definition) is 6. The number of aromatic nitrogens is 3. The molecule has 0 amide bonds. The summed E-state index contributed by atoms with van der Waals surface area (Å²) in [6.45, 7) is 0.311. The van der Waals surface area contributed by atoms with Crippen molar-refractivity contribution in [2.45, 2.75) is 6.54 Å². The lowest BCUT2D eigenvalue weighted by molar-refractivity contribution is 0.0602. The molecule has 0 unspecified atom stereocenters. The van der Waals surface area contributed by atoms with Crippen LogP contribution in [0.1, 0.15) is 15.9 Å². The van der Waals surface area contributed by atoms with Crippen LogP contribution in [0.4, 0.5) is 15.3 Å². The van der Waals surface area contributed by atoms with Crippen molar-refractivity contribution in [3.05, 3.63) is 82.9 Å². The van der Waals surface area contributed by atoms with E-state index in [1.165, 1.54) is 36.9 Å². The number of rotatable bonds is 6. The third-order valence-electron chi connectivity index (χ3n) is 4.53. The Hall–Kier alpha value is -3.34. The third kappa shape index (κ3) is 5.54. The van der Waals surface area contributed by atoms with Gasteiger partial charge < -0.3 is 10.1 Å². The lowest BCUT2D eigenvalue weighted by Crippen LogP contribution is -2.20. The standard InChI is InChI=1S/C22H17ClFN5O2S2/c1-31-20(30)16-10-18(13-5-3-2-4-6-13)33-19(16)26-22(32)27-21-25-12-29(28-21)11-14-7-8-15(24)9-17(14)23/h2-10,12H,11H2,1H3,(H2,26,27,28,32). The molecule has 0 atom stereocenters. The lowest BCUT2D eigenvalue weighted by atomic mass is 10.1. The van der Waals surface area contributed by atoms with E-state index in [2.05, 4.69) is 20.7 Å². The molecule has 0 saturated carbocycles. The number of thiocarbonyl (C=S) groups is 1. The van der Waals surface area contributed by atoms with Gasteiger partial charge in [-0.15, -0.1) is 16.4 Å². The molecule has 2 aromatic carbocycles. The molecule has 0 saturated heterocycles. The quantitative estimate of drug-likeness (QED) is 0.269. The molecule has 0 fully saturated rings. The van der Waals surface area contributed by atoms with Crippen molar-refractivity contribution in [1.29, 1.82) is 0 Å². The highest BCUT2D eigenvalue weighted by molar-refractivity contribution is 7.80. The topological polar surface area (TPSA) is 81.1 Å². The van der Waals surface area contributed by atoms with Crippen molar-refractivity contribution in [2.75, 3.05) is 17.7 Å². The second kappa shape index (κ2) is 10.1. The van der Waals surface area contributed by atoms with Gasteiger partial charge in [0, 0.05) is 9.90 Å². The van der Waals surface area contributed by atoms with Crippen LogP contribution in [0.25, 0.3) is 10.4 Å². The molecule has 0 aliphatic heterocycles. The van der Waals surface area contributed by atoms with Crippen LogP contribution < -0.4 is 10.6 Å². The maximum absolute atomic E-state index is 13.2. The molecule has 2 N–H and O–H groups in total. The van der Waals surface area contributed by atoms with Crippen LogP contribution in [-0.2, 0) is 11.3 Å². The highest BCUT2D eigenvalue weighted by Crippen LogP contribution is 2.36. The fraction of sp³-hybridized carbons (Fsp3) is 0.0909. The van der Waals surface area contributed by atoms with Crippen LogP contribution in [0.5, 0.6) is 0 Å². The molecule has 0 bridgehead atoms. The van der Waals surface area contributed by atoms with Gasteiger partial charge in [0.15, 0.2) is 5.11 Å². The van der Waals surface area contributed by atoms with Crippen LogP contribution in [0, 0.1) is 5.82 Å². The van der Waals surface area contributed by atoms with Gasteiger partial charge in [0.25, 0.3) is 0 Å². The van der Waals surface area contributed by atoms with E-state index in [1.54, 1.807) is 16.8 Å². The smallest absolute Gasteiger partial charge is 0.340 e. The van der Waals surface area contributed by atoms with Gasteiger partial charge in [-0.3, -0.25) is 5.32 Å². The van der Waals surface area contributed by atoms with E-state index in [1.807, 2.05) is 30.3 Å². The average Bonchev–Trinajstić information content (AvgIpc) is 3.42. The molecular weight excluding hydrogens is 485 g/mol. The molecule has 0 spiro atoms. The monoisotopic (exact) mass is 501 g/mol. The molecular formula is C22H17ClFN5O2S2. The fourth-order valence-corrected chi connectivity index (χ4v) is 4.52. The van der Waals surface area contributed by atoms with Crippen molar-refractivity contribution >= 4 is 57.2 Å². The van der Waals surface area contributed by atoms with Crippen LogP contribution in [0.3, 0.4) is 0 Å². The van der Waals surface area contributed by atoms with E-state index in [0.717, 1.165) is 10.4 Å². The minimum atomic E-state index is -0.475. The molecule has 168 valence electrons. The zero-order valence-corrected chi connectivity index (χ0v) is 19.6. The summed E-state index contributed by atoms with van der Waals surface area (Å²) in [7, 11) is 1.33. The first-order chi connectivity index (χ1) is 15.9. The van der Waals surface area contributed by atoms with Crippen LogP contribution in [0.2, 0.25) is 5.02 Å². The highest BCUT2D eigenvalue weighted by Gasteiger charge is 2.19. The predicted molar refractivity (Wildman–Crippen MR) is 131 cm³/mol. The number of anilines is 2. The Bertz CT molecular complexity index is 1310. The minimum Gasteiger partial charge on any atom is -0.465 e. The van der Waals surface area contributed by atoms with E-state index >= 15 is 0 Å². The van der Waals surface area contributed by atoms with Crippen molar-refractivity contribution in [2.24, 2.45) is 0 Å². The molecule has 0 aliphatic carbocycles. The largest absolute Gasteiger partial charge is 0.465 e. The SMILES string of the molecule is COC(=O)c1cc(-c2ccccc2)sc1NC(=S)Nc1ncn(Cc2ccc(F)cc2Cl)n1. The number of halogens is 2. The van der Waals surface area contributed by atoms with Crippen molar-refractivity contribution < 1.29 is 13.9 Å². The van der Waals surface area contributed by atoms with Crippen molar-refractivity contribution in [3.8, 4) is 10.4 Å². The van der Waals surface area contributed by atoms with Gasteiger partial charge in [-0.25, -0.2) is 18.9 Å². The number of carbonyl (C=O) groups is 1. The molecule has 4 rings (SSSR count). The van der Waals surface area contributed by atoms with Gasteiger partial charge in [-0.1, -0.05) is 48.0 Å². The van der Waals surface area contributed by atoms with Crippen LogP contribution in [0.15, 0.2) is 60.9 Å². The number of methoxy groups -OCH3 is 1. The van der Waals surface area contributed by atoms with Gasteiger partial charge in [-0.2, -0.15) is 0 Å². The summed E-state index contributed by atoms with van der Waals surface area (Å²) in [4.78, 5) is 17.3. The summed E-state index contributed by atoms with van der Waals surface area (Å²) in [5.74, 6) is -0.626. The summed E-state index contributed by atoms with van der Waals surface area (Å²) < 4.78 is 19.7. The Kier molecular flexibility index (Phi) is 6.97. The fourth-order valence-electron chi connectivity index (χ4n) is 2.98.